The summed E-state index contributed by atoms with van der Waals surface area (Å²) in [6.45, 7) is 2.09. The molecule has 118 valence electrons. The number of ether oxygens (including phenoxy) is 1. The maximum absolute atomic E-state index is 12.4. The Morgan fingerprint density at radius 3 is 2.91 bits per heavy atom. The monoisotopic (exact) mass is 300 g/mol. The summed E-state index contributed by atoms with van der Waals surface area (Å²) in [4.78, 5) is 12.4. The van der Waals surface area contributed by atoms with Gasteiger partial charge in [0.1, 0.15) is 11.9 Å². The second-order valence-corrected chi connectivity index (χ2v) is 7.55. The SMILES string of the molecule is COc1ccc2c(c1)CC[C@@H]1[C@@H]2CC[C@]2(C)C(=O)C(O)C[C@@H]12. The average molecular weight is 300 g/mol. The fraction of sp³-hybridized carbons (Fsp3) is 0.632. The van der Waals surface area contributed by atoms with Gasteiger partial charge in [0.2, 0.25) is 0 Å². The molecule has 3 aliphatic carbocycles. The molecule has 1 unspecified atom stereocenters. The number of aryl methyl sites for hydroxylation is 1. The Morgan fingerprint density at radius 1 is 1.32 bits per heavy atom. The minimum Gasteiger partial charge on any atom is -0.497 e. The number of fused-ring (bicyclic) bond motifs is 5. The lowest BCUT2D eigenvalue weighted by atomic mass is 9.55. The Balaban J connectivity index is 1.70. The molecule has 4 rings (SSSR count). The molecule has 1 aromatic rings. The highest BCUT2D eigenvalue weighted by Gasteiger charge is 2.57. The van der Waals surface area contributed by atoms with Crippen LogP contribution in [0.4, 0.5) is 0 Å². The smallest absolute Gasteiger partial charge is 0.167 e. The molecule has 5 atom stereocenters. The summed E-state index contributed by atoms with van der Waals surface area (Å²) in [6.07, 6.45) is 4.11. The van der Waals surface area contributed by atoms with Gasteiger partial charge in [0, 0.05) is 5.41 Å². The van der Waals surface area contributed by atoms with E-state index in [1.165, 1.54) is 11.1 Å². The predicted molar refractivity (Wildman–Crippen MR) is 84.0 cm³/mol. The van der Waals surface area contributed by atoms with E-state index in [4.69, 9.17) is 4.74 Å². The summed E-state index contributed by atoms with van der Waals surface area (Å²) >= 11 is 0. The van der Waals surface area contributed by atoms with Crippen LogP contribution in [0.1, 0.15) is 49.7 Å². The van der Waals surface area contributed by atoms with Crippen LogP contribution >= 0.6 is 0 Å². The first kappa shape index (κ1) is 14.3. The Labute approximate surface area is 131 Å². The van der Waals surface area contributed by atoms with Gasteiger partial charge in [0.15, 0.2) is 5.78 Å². The summed E-state index contributed by atoms with van der Waals surface area (Å²) in [5.41, 5.74) is 2.58. The third-order valence-corrected chi connectivity index (χ3v) is 6.67. The Morgan fingerprint density at radius 2 is 2.14 bits per heavy atom. The molecule has 0 radical (unpaired) electrons. The third kappa shape index (κ3) is 1.81. The molecule has 0 saturated heterocycles. The minimum absolute atomic E-state index is 0.0940. The van der Waals surface area contributed by atoms with Gasteiger partial charge in [0.25, 0.3) is 0 Å². The number of aliphatic hydroxyl groups is 1. The highest BCUT2D eigenvalue weighted by atomic mass is 16.5. The van der Waals surface area contributed by atoms with Crippen molar-refractivity contribution in [2.45, 2.75) is 51.0 Å². The number of ketones is 1. The van der Waals surface area contributed by atoms with Crippen molar-refractivity contribution in [1.29, 1.82) is 0 Å². The van der Waals surface area contributed by atoms with Crippen LogP contribution in [0.25, 0.3) is 0 Å². The lowest BCUT2D eigenvalue weighted by Crippen LogP contribution is -2.42. The van der Waals surface area contributed by atoms with E-state index in [9.17, 15) is 9.90 Å². The first-order chi connectivity index (χ1) is 10.5. The van der Waals surface area contributed by atoms with Crippen LogP contribution < -0.4 is 4.74 Å². The van der Waals surface area contributed by atoms with Crippen molar-refractivity contribution in [3.05, 3.63) is 29.3 Å². The van der Waals surface area contributed by atoms with E-state index < -0.39 is 6.10 Å². The molecule has 2 fully saturated rings. The quantitative estimate of drug-likeness (QED) is 0.867. The zero-order valence-corrected chi connectivity index (χ0v) is 13.3. The van der Waals surface area contributed by atoms with Gasteiger partial charge in [-0.25, -0.2) is 0 Å². The summed E-state index contributed by atoms with van der Waals surface area (Å²) in [7, 11) is 1.71. The van der Waals surface area contributed by atoms with E-state index in [-0.39, 0.29) is 11.2 Å². The molecule has 2 saturated carbocycles. The number of benzene rings is 1. The van der Waals surface area contributed by atoms with Gasteiger partial charge in [-0.3, -0.25) is 4.79 Å². The summed E-state index contributed by atoms with van der Waals surface area (Å²) in [6, 6.07) is 6.46. The normalized spacial score (nSPS) is 39.9. The Kier molecular flexibility index (Phi) is 3.12. The fourth-order valence-electron chi connectivity index (χ4n) is 5.47. The van der Waals surface area contributed by atoms with Crippen molar-refractivity contribution in [1.82, 2.24) is 0 Å². The van der Waals surface area contributed by atoms with E-state index in [1.54, 1.807) is 7.11 Å². The van der Waals surface area contributed by atoms with Crippen molar-refractivity contribution in [2.75, 3.05) is 7.11 Å². The number of hydrogen-bond acceptors (Lipinski definition) is 3. The summed E-state index contributed by atoms with van der Waals surface area (Å²) in [5, 5.41) is 10.1. The van der Waals surface area contributed by atoms with Gasteiger partial charge in [-0.2, -0.15) is 0 Å². The molecule has 0 heterocycles. The van der Waals surface area contributed by atoms with Gasteiger partial charge in [-0.15, -0.1) is 0 Å². The largest absolute Gasteiger partial charge is 0.497 e. The molecule has 22 heavy (non-hydrogen) atoms. The van der Waals surface area contributed by atoms with Gasteiger partial charge in [0.05, 0.1) is 7.11 Å². The van der Waals surface area contributed by atoms with E-state index in [2.05, 4.69) is 25.1 Å². The summed E-state index contributed by atoms with van der Waals surface area (Å²) < 4.78 is 5.35. The lowest BCUT2D eigenvalue weighted by Gasteiger charge is -2.48. The van der Waals surface area contributed by atoms with Crippen molar-refractivity contribution in [3.63, 3.8) is 0 Å². The molecule has 1 aromatic carbocycles. The van der Waals surface area contributed by atoms with Crippen molar-refractivity contribution in [2.24, 2.45) is 17.3 Å². The van der Waals surface area contributed by atoms with Gasteiger partial charge in [-0.05, 0) is 73.1 Å². The minimum atomic E-state index is -0.731. The number of aliphatic hydroxyl groups excluding tert-OH is 1. The van der Waals surface area contributed by atoms with Crippen LogP contribution in [0, 0.1) is 17.3 Å². The molecule has 0 spiro atoms. The number of methoxy groups -OCH3 is 1. The Bertz CT molecular complexity index is 623. The predicted octanol–water partition coefficient (Wildman–Crippen LogP) is 3.09. The standard InChI is InChI=1S/C19H24O3/c1-19-8-7-14-13-6-4-12(22-2)9-11(13)3-5-15(14)16(19)10-17(20)18(19)21/h4,6,9,14-17,20H,3,5,7-8,10H2,1-2H3/t14-,15-,16+,17?,19+/m1/s1. The van der Waals surface area contributed by atoms with Gasteiger partial charge < -0.3 is 9.84 Å². The fourth-order valence-corrected chi connectivity index (χ4v) is 5.47. The van der Waals surface area contributed by atoms with Crippen LogP contribution in [0.15, 0.2) is 18.2 Å². The third-order valence-electron chi connectivity index (χ3n) is 6.67. The first-order valence-corrected chi connectivity index (χ1v) is 8.44. The van der Waals surface area contributed by atoms with Crippen LogP contribution in [0.2, 0.25) is 0 Å². The van der Waals surface area contributed by atoms with Gasteiger partial charge >= 0.3 is 0 Å². The first-order valence-electron chi connectivity index (χ1n) is 8.44. The molecule has 0 aromatic heterocycles. The lowest BCUT2D eigenvalue weighted by molar-refractivity contribution is -0.134. The summed E-state index contributed by atoms with van der Waals surface area (Å²) in [5.74, 6) is 2.47. The van der Waals surface area contributed by atoms with Crippen LogP contribution in [-0.4, -0.2) is 24.1 Å². The zero-order chi connectivity index (χ0) is 15.5. The van der Waals surface area contributed by atoms with Crippen LogP contribution in [-0.2, 0) is 11.2 Å². The number of carbonyl (C=O) groups excluding carboxylic acids is 1. The average Bonchev–Trinajstić information content (AvgIpc) is 2.77. The molecule has 1 N–H and O–H groups in total. The molecule has 0 bridgehead atoms. The molecule has 0 amide bonds. The van der Waals surface area contributed by atoms with E-state index in [0.29, 0.717) is 24.2 Å². The molecule has 3 nitrogen and oxygen atoms in total. The van der Waals surface area contributed by atoms with Crippen molar-refractivity contribution in [3.8, 4) is 5.75 Å². The molecule has 3 heteroatoms. The molecular weight excluding hydrogens is 276 g/mol. The van der Waals surface area contributed by atoms with Crippen LogP contribution in [0.3, 0.4) is 0 Å². The molecule has 3 aliphatic rings. The second-order valence-electron chi connectivity index (χ2n) is 7.55. The maximum atomic E-state index is 12.4. The zero-order valence-electron chi connectivity index (χ0n) is 13.3. The number of hydrogen-bond donors (Lipinski definition) is 1. The van der Waals surface area contributed by atoms with Crippen LogP contribution in [0.5, 0.6) is 5.75 Å². The van der Waals surface area contributed by atoms with E-state index in [1.807, 2.05) is 0 Å². The molecular formula is C19H24O3. The molecule has 0 aliphatic heterocycles. The van der Waals surface area contributed by atoms with E-state index >= 15 is 0 Å². The highest BCUT2D eigenvalue weighted by molar-refractivity contribution is 5.91. The Hall–Kier alpha value is -1.35. The number of Topliss-reactive ketones (excluding diaryl/α,β-unsaturated/α-hetero) is 1. The van der Waals surface area contributed by atoms with Crippen molar-refractivity contribution >= 4 is 5.78 Å². The number of carbonyl (C=O) groups is 1. The van der Waals surface area contributed by atoms with Crippen molar-refractivity contribution < 1.29 is 14.6 Å². The maximum Gasteiger partial charge on any atom is 0.167 e. The highest BCUT2D eigenvalue weighted by Crippen LogP contribution is 2.59. The topological polar surface area (TPSA) is 46.5 Å². The van der Waals surface area contributed by atoms with Gasteiger partial charge in [-0.1, -0.05) is 13.0 Å². The number of rotatable bonds is 1. The second kappa shape index (κ2) is 4.82. The van der Waals surface area contributed by atoms with E-state index in [0.717, 1.165) is 31.4 Å².